The standard InChI is InChI=1S/C22H30N4O2S.HI/c1-16(2)26-29(27,28)15-19-10-4-3-9-18(19)14-24-22(23)25-21-13-7-11-17-8-5-6-12-20(17)21;/h3-4,7,9-11,13,16,26H,5-6,8,12,14-15H2,1-2H3,(H3,23,24,25);1H. The van der Waals surface area contributed by atoms with Gasteiger partial charge in [-0.2, -0.15) is 0 Å². The van der Waals surface area contributed by atoms with E-state index in [9.17, 15) is 8.42 Å². The van der Waals surface area contributed by atoms with E-state index in [1.807, 2.05) is 50.2 Å². The molecule has 30 heavy (non-hydrogen) atoms. The summed E-state index contributed by atoms with van der Waals surface area (Å²) in [5, 5.41) is 3.23. The Kier molecular flexibility index (Phi) is 9.11. The van der Waals surface area contributed by atoms with E-state index in [2.05, 4.69) is 21.1 Å². The highest BCUT2D eigenvalue weighted by molar-refractivity contribution is 14.0. The van der Waals surface area contributed by atoms with Crippen molar-refractivity contribution in [1.29, 1.82) is 0 Å². The summed E-state index contributed by atoms with van der Waals surface area (Å²) in [6.45, 7) is 3.94. The number of guanidine groups is 1. The molecule has 8 heteroatoms. The minimum Gasteiger partial charge on any atom is -0.370 e. The molecule has 164 valence electrons. The van der Waals surface area contributed by atoms with Crippen molar-refractivity contribution in [2.45, 2.75) is 57.9 Å². The van der Waals surface area contributed by atoms with Crippen molar-refractivity contribution in [2.75, 3.05) is 5.32 Å². The minimum absolute atomic E-state index is 0. The summed E-state index contributed by atoms with van der Waals surface area (Å²) < 4.78 is 27.2. The average Bonchev–Trinajstić information content (AvgIpc) is 2.66. The highest BCUT2D eigenvalue weighted by Crippen LogP contribution is 2.27. The third-order valence-corrected chi connectivity index (χ3v) is 6.48. The van der Waals surface area contributed by atoms with Crippen molar-refractivity contribution in [2.24, 2.45) is 10.7 Å². The van der Waals surface area contributed by atoms with E-state index < -0.39 is 10.0 Å². The van der Waals surface area contributed by atoms with Crippen LogP contribution in [0.1, 0.15) is 48.9 Å². The summed E-state index contributed by atoms with van der Waals surface area (Å²) in [4.78, 5) is 4.46. The van der Waals surface area contributed by atoms with E-state index in [-0.39, 0.29) is 35.8 Å². The molecule has 2 aromatic carbocycles. The highest BCUT2D eigenvalue weighted by atomic mass is 127. The smallest absolute Gasteiger partial charge is 0.216 e. The Morgan fingerprint density at radius 2 is 1.77 bits per heavy atom. The van der Waals surface area contributed by atoms with E-state index in [0.717, 1.165) is 29.7 Å². The van der Waals surface area contributed by atoms with Gasteiger partial charge >= 0.3 is 0 Å². The molecule has 0 spiro atoms. The Bertz CT molecular complexity index is 990. The molecular formula is C22H31IN4O2S. The number of rotatable bonds is 7. The predicted octanol–water partition coefficient (Wildman–Crippen LogP) is 3.94. The summed E-state index contributed by atoms with van der Waals surface area (Å²) in [5.41, 5.74) is 11.4. The second-order valence-electron chi connectivity index (χ2n) is 7.78. The van der Waals surface area contributed by atoms with Crippen LogP contribution in [0.15, 0.2) is 47.5 Å². The van der Waals surface area contributed by atoms with Crippen molar-refractivity contribution in [3.05, 3.63) is 64.7 Å². The summed E-state index contributed by atoms with van der Waals surface area (Å²) in [6, 6.07) is 13.5. The number of nitrogens with one attached hydrogen (secondary N) is 2. The lowest BCUT2D eigenvalue weighted by Gasteiger charge is -2.19. The Hall–Kier alpha value is -1.65. The van der Waals surface area contributed by atoms with Gasteiger partial charge in [-0.3, -0.25) is 0 Å². The van der Waals surface area contributed by atoms with Crippen LogP contribution in [0.25, 0.3) is 0 Å². The van der Waals surface area contributed by atoms with Crippen LogP contribution in [0.5, 0.6) is 0 Å². The van der Waals surface area contributed by atoms with E-state index in [4.69, 9.17) is 5.73 Å². The van der Waals surface area contributed by atoms with Gasteiger partial charge in [-0.15, -0.1) is 24.0 Å². The molecule has 0 aliphatic heterocycles. The first-order valence-corrected chi connectivity index (χ1v) is 11.7. The molecule has 6 nitrogen and oxygen atoms in total. The Morgan fingerprint density at radius 3 is 2.50 bits per heavy atom. The molecule has 0 bridgehead atoms. The third kappa shape index (κ3) is 6.95. The van der Waals surface area contributed by atoms with E-state index >= 15 is 0 Å². The van der Waals surface area contributed by atoms with Gasteiger partial charge in [-0.05, 0) is 67.9 Å². The normalized spacial score (nSPS) is 14.2. The molecule has 0 atom stereocenters. The van der Waals surface area contributed by atoms with Crippen molar-refractivity contribution >= 4 is 45.6 Å². The molecule has 0 amide bonds. The Morgan fingerprint density at radius 1 is 1.07 bits per heavy atom. The van der Waals surface area contributed by atoms with Gasteiger partial charge in [-0.1, -0.05) is 36.4 Å². The number of fused-ring (bicyclic) bond motifs is 1. The first-order chi connectivity index (χ1) is 13.8. The lowest BCUT2D eigenvalue weighted by molar-refractivity contribution is 0.569. The zero-order valence-electron chi connectivity index (χ0n) is 17.5. The predicted molar refractivity (Wildman–Crippen MR) is 135 cm³/mol. The van der Waals surface area contributed by atoms with E-state index in [1.165, 1.54) is 24.0 Å². The van der Waals surface area contributed by atoms with Gasteiger partial charge in [0.2, 0.25) is 10.0 Å². The molecule has 0 unspecified atom stereocenters. The molecule has 2 aromatic rings. The molecule has 0 saturated carbocycles. The minimum atomic E-state index is -3.40. The number of benzene rings is 2. The Balaban J connectivity index is 0.00000320. The van der Waals surface area contributed by atoms with Gasteiger partial charge in [-0.25, -0.2) is 18.1 Å². The van der Waals surface area contributed by atoms with Crippen molar-refractivity contribution in [3.63, 3.8) is 0 Å². The molecule has 0 heterocycles. The number of sulfonamides is 1. The van der Waals surface area contributed by atoms with Crippen molar-refractivity contribution in [1.82, 2.24) is 4.72 Å². The molecule has 1 aliphatic rings. The zero-order valence-corrected chi connectivity index (χ0v) is 20.7. The second-order valence-corrected chi connectivity index (χ2v) is 9.53. The van der Waals surface area contributed by atoms with E-state index in [0.29, 0.717) is 12.5 Å². The maximum absolute atomic E-state index is 12.3. The molecular weight excluding hydrogens is 511 g/mol. The van der Waals surface area contributed by atoms with Gasteiger partial charge in [0, 0.05) is 11.7 Å². The Labute approximate surface area is 196 Å². The summed E-state index contributed by atoms with van der Waals surface area (Å²) >= 11 is 0. The summed E-state index contributed by atoms with van der Waals surface area (Å²) in [5.74, 6) is 0.262. The molecule has 0 fully saturated rings. The fourth-order valence-corrected chi connectivity index (χ4v) is 5.20. The van der Waals surface area contributed by atoms with Gasteiger partial charge < -0.3 is 11.1 Å². The number of hydrogen-bond donors (Lipinski definition) is 3. The summed E-state index contributed by atoms with van der Waals surface area (Å²) in [6.07, 6.45) is 4.57. The topological polar surface area (TPSA) is 96.6 Å². The molecule has 1 aliphatic carbocycles. The zero-order chi connectivity index (χ0) is 20.9. The van der Waals surface area contributed by atoms with Crippen LogP contribution in [0.4, 0.5) is 5.69 Å². The van der Waals surface area contributed by atoms with E-state index in [1.54, 1.807) is 0 Å². The number of halogens is 1. The van der Waals surface area contributed by atoms with Gasteiger partial charge in [0.05, 0.1) is 12.3 Å². The van der Waals surface area contributed by atoms with Crippen LogP contribution in [0.3, 0.4) is 0 Å². The fourth-order valence-electron chi connectivity index (χ4n) is 3.70. The average molecular weight is 542 g/mol. The number of nitrogens with zero attached hydrogens (tertiary/aromatic N) is 1. The molecule has 3 rings (SSSR count). The van der Waals surface area contributed by atoms with Crippen LogP contribution in [0, 0.1) is 0 Å². The van der Waals surface area contributed by atoms with Crippen molar-refractivity contribution < 1.29 is 8.42 Å². The maximum atomic E-state index is 12.3. The molecule has 0 radical (unpaired) electrons. The molecule has 4 N–H and O–H groups in total. The van der Waals surface area contributed by atoms with Crippen LogP contribution in [-0.4, -0.2) is 20.4 Å². The first kappa shape index (κ1) is 24.6. The largest absolute Gasteiger partial charge is 0.370 e. The highest BCUT2D eigenvalue weighted by Gasteiger charge is 2.16. The molecule has 0 saturated heterocycles. The van der Waals surface area contributed by atoms with Gasteiger partial charge in [0.1, 0.15) is 0 Å². The van der Waals surface area contributed by atoms with Gasteiger partial charge in [0.15, 0.2) is 5.96 Å². The number of nitrogens with two attached hydrogens (primary N) is 1. The lowest BCUT2D eigenvalue weighted by Crippen LogP contribution is -2.31. The maximum Gasteiger partial charge on any atom is 0.216 e. The van der Waals surface area contributed by atoms with Crippen LogP contribution in [-0.2, 0) is 35.2 Å². The SMILES string of the molecule is CC(C)NS(=O)(=O)Cc1ccccc1CN=C(N)Nc1cccc2c1CCCC2.I. The monoisotopic (exact) mass is 542 g/mol. The number of anilines is 1. The van der Waals surface area contributed by atoms with Crippen LogP contribution in [0.2, 0.25) is 0 Å². The summed E-state index contributed by atoms with van der Waals surface area (Å²) in [7, 11) is -3.40. The van der Waals surface area contributed by atoms with Gasteiger partial charge in [0.25, 0.3) is 0 Å². The number of aliphatic imine (C=N–C) groups is 1. The third-order valence-electron chi connectivity index (χ3n) is 4.96. The fraction of sp³-hybridized carbons (Fsp3) is 0.409. The second kappa shape index (κ2) is 11.1. The van der Waals surface area contributed by atoms with Crippen LogP contribution >= 0.6 is 24.0 Å². The van der Waals surface area contributed by atoms with Crippen LogP contribution < -0.4 is 15.8 Å². The lowest BCUT2D eigenvalue weighted by atomic mass is 9.90. The number of aryl methyl sites for hydroxylation is 1. The van der Waals surface area contributed by atoms with Crippen molar-refractivity contribution in [3.8, 4) is 0 Å². The quantitative estimate of drug-likeness (QED) is 0.281. The molecule has 0 aromatic heterocycles. The number of hydrogen-bond acceptors (Lipinski definition) is 3. The first-order valence-electron chi connectivity index (χ1n) is 10.1.